The Balaban J connectivity index is 1.86. The summed E-state index contributed by atoms with van der Waals surface area (Å²) in [5, 5.41) is 3.53. The maximum absolute atomic E-state index is 11.3. The highest BCUT2D eigenvalue weighted by molar-refractivity contribution is 5.69. The molecular formula is C15H22N2O2. The average Bonchev–Trinajstić information content (AvgIpc) is 2.81. The molecule has 1 saturated heterocycles. The van der Waals surface area contributed by atoms with E-state index >= 15 is 0 Å². The van der Waals surface area contributed by atoms with E-state index in [1.807, 2.05) is 6.07 Å². The normalized spacial score (nSPS) is 16.8. The molecule has 0 bridgehead atoms. The highest BCUT2D eigenvalue weighted by Crippen LogP contribution is 2.20. The van der Waals surface area contributed by atoms with Gasteiger partial charge in [-0.3, -0.25) is 0 Å². The monoisotopic (exact) mass is 262 g/mol. The number of ether oxygens (including phenoxy) is 1. The molecule has 1 unspecified atom stereocenters. The topological polar surface area (TPSA) is 41.6 Å². The molecule has 0 aromatic heterocycles. The predicted octanol–water partition coefficient (Wildman–Crippen LogP) is 2.43. The van der Waals surface area contributed by atoms with E-state index in [0.29, 0.717) is 31.7 Å². The minimum absolute atomic E-state index is 0.192. The van der Waals surface area contributed by atoms with Gasteiger partial charge in [-0.05, 0) is 11.5 Å². The molecule has 0 radical (unpaired) electrons. The van der Waals surface area contributed by atoms with Crippen LogP contribution in [0.5, 0.6) is 0 Å². The molecule has 104 valence electrons. The number of amides is 1. The second-order valence-corrected chi connectivity index (χ2v) is 5.19. The summed E-state index contributed by atoms with van der Waals surface area (Å²) in [6.07, 6.45) is -0.192. The third-order valence-electron chi connectivity index (χ3n) is 3.42. The number of benzene rings is 1. The maximum atomic E-state index is 11.3. The Morgan fingerprint density at radius 3 is 2.63 bits per heavy atom. The van der Waals surface area contributed by atoms with Crippen molar-refractivity contribution in [1.82, 2.24) is 10.2 Å². The van der Waals surface area contributed by atoms with E-state index in [4.69, 9.17) is 4.74 Å². The third kappa shape index (κ3) is 3.70. The summed E-state index contributed by atoms with van der Waals surface area (Å²) in [6, 6.07) is 10.7. The van der Waals surface area contributed by atoms with Crippen molar-refractivity contribution >= 4 is 6.09 Å². The van der Waals surface area contributed by atoms with Gasteiger partial charge in [0, 0.05) is 19.1 Å². The fraction of sp³-hybridized carbons (Fsp3) is 0.533. The van der Waals surface area contributed by atoms with Gasteiger partial charge in [-0.2, -0.15) is 0 Å². The van der Waals surface area contributed by atoms with Gasteiger partial charge in [0.25, 0.3) is 0 Å². The lowest BCUT2D eigenvalue weighted by Crippen LogP contribution is -2.35. The van der Waals surface area contributed by atoms with Crippen LogP contribution in [-0.2, 0) is 4.74 Å². The number of carbonyl (C=O) groups is 1. The van der Waals surface area contributed by atoms with Crippen LogP contribution in [0.4, 0.5) is 4.79 Å². The summed E-state index contributed by atoms with van der Waals surface area (Å²) >= 11 is 0. The van der Waals surface area contributed by atoms with E-state index in [2.05, 4.69) is 43.4 Å². The first-order valence-corrected chi connectivity index (χ1v) is 6.88. The first-order valence-electron chi connectivity index (χ1n) is 6.88. The van der Waals surface area contributed by atoms with Crippen LogP contribution in [0.2, 0.25) is 0 Å². The average molecular weight is 262 g/mol. The Bertz CT molecular complexity index is 406. The van der Waals surface area contributed by atoms with Gasteiger partial charge in [0.2, 0.25) is 0 Å². The smallest absolute Gasteiger partial charge is 0.409 e. The second kappa shape index (κ2) is 6.57. The van der Waals surface area contributed by atoms with Crippen molar-refractivity contribution in [2.45, 2.75) is 19.9 Å². The van der Waals surface area contributed by atoms with E-state index in [-0.39, 0.29) is 6.09 Å². The van der Waals surface area contributed by atoms with Gasteiger partial charge in [-0.25, -0.2) is 4.79 Å². The number of hydrogen-bond acceptors (Lipinski definition) is 3. The first kappa shape index (κ1) is 13.9. The molecular weight excluding hydrogens is 240 g/mol. The molecule has 1 atom stereocenters. The van der Waals surface area contributed by atoms with Crippen molar-refractivity contribution in [1.29, 1.82) is 0 Å². The van der Waals surface area contributed by atoms with Crippen LogP contribution in [0, 0.1) is 5.92 Å². The van der Waals surface area contributed by atoms with Crippen LogP contribution in [0.1, 0.15) is 25.5 Å². The number of nitrogens with one attached hydrogen (secondary N) is 1. The molecule has 4 heteroatoms. The van der Waals surface area contributed by atoms with Crippen molar-refractivity contribution < 1.29 is 9.53 Å². The van der Waals surface area contributed by atoms with Crippen LogP contribution in [0.3, 0.4) is 0 Å². The Morgan fingerprint density at radius 1 is 1.32 bits per heavy atom. The largest absolute Gasteiger partial charge is 0.448 e. The van der Waals surface area contributed by atoms with E-state index in [1.54, 1.807) is 4.90 Å². The lowest BCUT2D eigenvalue weighted by atomic mass is 9.96. The second-order valence-electron chi connectivity index (χ2n) is 5.19. The van der Waals surface area contributed by atoms with Crippen molar-refractivity contribution in [3.05, 3.63) is 35.9 Å². The molecule has 0 aliphatic carbocycles. The van der Waals surface area contributed by atoms with Crippen molar-refractivity contribution in [3.8, 4) is 0 Å². The Morgan fingerprint density at radius 2 is 2.05 bits per heavy atom. The summed E-state index contributed by atoms with van der Waals surface area (Å²) in [5.41, 5.74) is 1.29. The van der Waals surface area contributed by atoms with Gasteiger partial charge in [0.05, 0.1) is 6.54 Å². The summed E-state index contributed by atoms with van der Waals surface area (Å²) < 4.78 is 4.91. The van der Waals surface area contributed by atoms with Crippen LogP contribution in [-0.4, -0.2) is 37.2 Å². The van der Waals surface area contributed by atoms with Gasteiger partial charge in [0.1, 0.15) is 6.61 Å². The lowest BCUT2D eigenvalue weighted by Gasteiger charge is -2.24. The number of rotatable bonds is 6. The molecule has 2 rings (SSSR count). The molecule has 1 aromatic carbocycles. The first-order chi connectivity index (χ1) is 9.18. The molecule has 1 aliphatic rings. The van der Waals surface area contributed by atoms with E-state index in [1.165, 1.54) is 5.56 Å². The zero-order valence-corrected chi connectivity index (χ0v) is 11.6. The fourth-order valence-corrected chi connectivity index (χ4v) is 2.38. The number of cyclic esters (lactones) is 1. The highest BCUT2D eigenvalue weighted by Gasteiger charge is 2.22. The molecule has 1 aliphatic heterocycles. The SMILES string of the molecule is CC(C)C(NCCN1CCOC1=O)c1ccccc1. The lowest BCUT2D eigenvalue weighted by molar-refractivity contribution is 0.158. The zero-order valence-electron chi connectivity index (χ0n) is 11.6. The van der Waals surface area contributed by atoms with Gasteiger partial charge in [-0.1, -0.05) is 44.2 Å². The van der Waals surface area contributed by atoms with E-state index < -0.39 is 0 Å². The summed E-state index contributed by atoms with van der Waals surface area (Å²) in [6.45, 7) is 7.12. The number of hydrogen-bond donors (Lipinski definition) is 1. The Kier molecular flexibility index (Phi) is 4.80. The van der Waals surface area contributed by atoms with Crippen LogP contribution >= 0.6 is 0 Å². The highest BCUT2D eigenvalue weighted by atomic mass is 16.6. The number of carbonyl (C=O) groups excluding carboxylic acids is 1. The maximum Gasteiger partial charge on any atom is 0.409 e. The molecule has 1 fully saturated rings. The number of nitrogens with zero attached hydrogens (tertiary/aromatic N) is 1. The molecule has 4 nitrogen and oxygen atoms in total. The summed E-state index contributed by atoms with van der Waals surface area (Å²) in [5.74, 6) is 0.507. The summed E-state index contributed by atoms with van der Waals surface area (Å²) in [4.78, 5) is 13.1. The van der Waals surface area contributed by atoms with Crippen molar-refractivity contribution in [2.24, 2.45) is 5.92 Å². The van der Waals surface area contributed by atoms with Gasteiger partial charge in [-0.15, -0.1) is 0 Å². The predicted molar refractivity (Wildman–Crippen MR) is 74.9 cm³/mol. The fourth-order valence-electron chi connectivity index (χ4n) is 2.38. The van der Waals surface area contributed by atoms with Crippen LogP contribution in [0.15, 0.2) is 30.3 Å². The van der Waals surface area contributed by atoms with E-state index in [0.717, 1.165) is 6.54 Å². The standard InChI is InChI=1S/C15H22N2O2/c1-12(2)14(13-6-4-3-5-7-13)16-8-9-17-10-11-19-15(17)18/h3-7,12,14,16H,8-11H2,1-2H3. The van der Waals surface area contributed by atoms with Crippen molar-refractivity contribution in [2.75, 3.05) is 26.2 Å². The minimum Gasteiger partial charge on any atom is -0.448 e. The molecule has 1 N–H and O–H groups in total. The van der Waals surface area contributed by atoms with Gasteiger partial charge >= 0.3 is 6.09 Å². The zero-order chi connectivity index (χ0) is 13.7. The Hall–Kier alpha value is -1.55. The summed E-state index contributed by atoms with van der Waals surface area (Å²) in [7, 11) is 0. The molecule has 1 heterocycles. The molecule has 0 saturated carbocycles. The Labute approximate surface area is 114 Å². The quantitative estimate of drug-likeness (QED) is 0.856. The van der Waals surface area contributed by atoms with Crippen molar-refractivity contribution in [3.63, 3.8) is 0 Å². The van der Waals surface area contributed by atoms with Crippen LogP contribution in [0.25, 0.3) is 0 Å². The molecule has 19 heavy (non-hydrogen) atoms. The molecule has 1 amide bonds. The molecule has 0 spiro atoms. The van der Waals surface area contributed by atoms with Gasteiger partial charge in [0.15, 0.2) is 0 Å². The molecule has 1 aromatic rings. The minimum atomic E-state index is -0.192. The van der Waals surface area contributed by atoms with Gasteiger partial charge < -0.3 is 15.0 Å². The van der Waals surface area contributed by atoms with Crippen LogP contribution < -0.4 is 5.32 Å². The van der Waals surface area contributed by atoms with E-state index in [9.17, 15) is 4.79 Å². The third-order valence-corrected chi connectivity index (χ3v) is 3.42.